The number of rotatable bonds is 3. The molecule has 4 rings (SSSR count). The number of benzene rings is 2. The van der Waals surface area contributed by atoms with Crippen molar-refractivity contribution in [3.05, 3.63) is 48.5 Å². The quantitative estimate of drug-likeness (QED) is 0.591. The molecule has 2 amide bonds. The van der Waals surface area contributed by atoms with Gasteiger partial charge in [-0.1, -0.05) is 42.5 Å². The van der Waals surface area contributed by atoms with E-state index >= 15 is 0 Å². The largest absolute Gasteiger partial charge is 0.465 e. The molecule has 168 valence electrons. The van der Waals surface area contributed by atoms with Crippen molar-refractivity contribution in [1.82, 2.24) is 9.88 Å². The Hall–Kier alpha value is -3.55. The van der Waals surface area contributed by atoms with E-state index < -0.39 is 17.8 Å². The van der Waals surface area contributed by atoms with E-state index in [0.717, 1.165) is 11.1 Å². The molecular formula is C24H27N3O5. The first-order valence-corrected chi connectivity index (χ1v) is 10.7. The van der Waals surface area contributed by atoms with Gasteiger partial charge in [0.1, 0.15) is 11.1 Å². The Morgan fingerprint density at radius 1 is 1.09 bits per heavy atom. The Labute approximate surface area is 186 Å². The van der Waals surface area contributed by atoms with Gasteiger partial charge in [0, 0.05) is 24.7 Å². The number of carboxylic acid groups (broad SMARTS) is 1. The molecule has 0 aliphatic carbocycles. The Balaban J connectivity index is 1.72. The summed E-state index contributed by atoms with van der Waals surface area (Å²) in [5.41, 5.74) is 2.40. The highest BCUT2D eigenvalue weighted by molar-refractivity contribution is 5.93. The Kier molecular flexibility index (Phi) is 5.78. The highest BCUT2D eigenvalue weighted by Crippen LogP contribution is 2.34. The first-order valence-electron chi connectivity index (χ1n) is 10.7. The van der Waals surface area contributed by atoms with Crippen molar-refractivity contribution < 1.29 is 23.8 Å². The number of carbonyl (C=O) groups is 2. The second kappa shape index (κ2) is 8.53. The number of nitrogens with zero attached hydrogens (tertiary/aromatic N) is 3. The lowest BCUT2D eigenvalue weighted by Crippen LogP contribution is -2.50. The summed E-state index contributed by atoms with van der Waals surface area (Å²) in [4.78, 5) is 31.9. The van der Waals surface area contributed by atoms with Crippen LogP contribution in [0.2, 0.25) is 0 Å². The smallest absolute Gasteiger partial charge is 0.418 e. The van der Waals surface area contributed by atoms with Gasteiger partial charge < -0.3 is 19.2 Å². The number of oxazole rings is 1. The second-order valence-corrected chi connectivity index (χ2v) is 8.87. The predicted molar refractivity (Wildman–Crippen MR) is 121 cm³/mol. The number of carbonyl (C=O) groups excluding carboxylic acids is 1. The highest BCUT2D eigenvalue weighted by Gasteiger charge is 2.36. The summed E-state index contributed by atoms with van der Waals surface area (Å²) in [6, 6.07) is 15.4. The molecule has 0 radical (unpaired) electrons. The molecule has 2 aromatic carbocycles. The summed E-state index contributed by atoms with van der Waals surface area (Å²) >= 11 is 0. The first kappa shape index (κ1) is 21.7. The zero-order valence-corrected chi connectivity index (χ0v) is 18.4. The van der Waals surface area contributed by atoms with Crippen LogP contribution in [0, 0.1) is 0 Å². The van der Waals surface area contributed by atoms with E-state index in [4.69, 9.17) is 9.15 Å². The number of hydrogen-bond acceptors (Lipinski definition) is 5. The van der Waals surface area contributed by atoms with Crippen LogP contribution in [0.15, 0.2) is 52.9 Å². The van der Waals surface area contributed by atoms with Crippen LogP contribution >= 0.6 is 0 Å². The van der Waals surface area contributed by atoms with Gasteiger partial charge >= 0.3 is 18.2 Å². The summed E-state index contributed by atoms with van der Waals surface area (Å²) in [5, 5.41) is 9.27. The minimum absolute atomic E-state index is 0.159. The van der Waals surface area contributed by atoms with Crippen LogP contribution in [0.5, 0.6) is 0 Å². The van der Waals surface area contributed by atoms with E-state index in [1.165, 1.54) is 9.80 Å². The molecule has 3 aromatic rings. The van der Waals surface area contributed by atoms with Crippen LogP contribution in [0.25, 0.3) is 22.2 Å². The van der Waals surface area contributed by atoms with Crippen LogP contribution in [-0.4, -0.2) is 51.9 Å². The van der Waals surface area contributed by atoms with Crippen molar-refractivity contribution >= 4 is 29.3 Å². The molecule has 1 aliphatic rings. The minimum atomic E-state index is -0.957. The van der Waals surface area contributed by atoms with Crippen molar-refractivity contribution in [1.29, 1.82) is 0 Å². The number of hydrogen-bond donors (Lipinski definition) is 1. The van der Waals surface area contributed by atoms with Gasteiger partial charge in [0.25, 0.3) is 0 Å². The third-order valence-corrected chi connectivity index (χ3v) is 5.38. The average Bonchev–Trinajstić information content (AvgIpc) is 3.17. The van der Waals surface area contributed by atoms with Gasteiger partial charge in [0.2, 0.25) is 0 Å². The molecule has 1 aliphatic heterocycles. The molecule has 1 N–H and O–H groups in total. The number of fused-ring (bicyclic) bond motifs is 1. The van der Waals surface area contributed by atoms with Gasteiger partial charge in [0.15, 0.2) is 5.58 Å². The van der Waals surface area contributed by atoms with Gasteiger partial charge in [-0.05, 0) is 45.2 Å². The van der Waals surface area contributed by atoms with Crippen molar-refractivity contribution in [2.45, 2.75) is 45.3 Å². The molecule has 8 heteroatoms. The fourth-order valence-corrected chi connectivity index (χ4v) is 3.90. The van der Waals surface area contributed by atoms with Crippen LogP contribution in [0.1, 0.15) is 33.6 Å². The predicted octanol–water partition coefficient (Wildman–Crippen LogP) is 5.38. The summed E-state index contributed by atoms with van der Waals surface area (Å²) in [5.74, 6) is 0. The van der Waals surface area contributed by atoms with E-state index in [1.54, 1.807) is 20.8 Å². The summed E-state index contributed by atoms with van der Waals surface area (Å²) in [7, 11) is 0. The van der Waals surface area contributed by atoms with Gasteiger partial charge in [-0.15, -0.1) is 0 Å². The molecule has 1 aromatic heterocycles. The molecule has 0 bridgehead atoms. The summed E-state index contributed by atoms with van der Waals surface area (Å²) < 4.78 is 11.8. The van der Waals surface area contributed by atoms with E-state index in [1.807, 2.05) is 48.5 Å². The molecule has 32 heavy (non-hydrogen) atoms. The van der Waals surface area contributed by atoms with Crippen LogP contribution in [0.3, 0.4) is 0 Å². The van der Waals surface area contributed by atoms with Gasteiger partial charge in [-0.25, -0.2) is 14.5 Å². The maximum absolute atomic E-state index is 13.2. The van der Waals surface area contributed by atoms with E-state index in [-0.39, 0.29) is 12.1 Å². The maximum Gasteiger partial charge on any atom is 0.418 e. The van der Waals surface area contributed by atoms with Gasteiger partial charge in [-0.3, -0.25) is 0 Å². The van der Waals surface area contributed by atoms with Crippen LogP contribution in [-0.2, 0) is 4.74 Å². The Morgan fingerprint density at radius 3 is 2.41 bits per heavy atom. The Bertz CT molecular complexity index is 1110. The molecule has 1 saturated heterocycles. The molecule has 0 atom stereocenters. The second-order valence-electron chi connectivity index (χ2n) is 8.87. The van der Waals surface area contributed by atoms with Crippen molar-refractivity contribution in [3.63, 3.8) is 0 Å². The standard InChI is InChI=1S/C24H27N3O5/c1-24(2,3)32-23(30)27(17-12-14-26(15-13-17)22(28)29)21-25-19-11-7-10-18(20(19)31-21)16-8-5-4-6-9-16/h4-11,17H,12-15H2,1-3H3,(H,28,29). The van der Waals surface area contributed by atoms with Crippen molar-refractivity contribution in [2.75, 3.05) is 18.0 Å². The van der Waals surface area contributed by atoms with E-state index in [0.29, 0.717) is 37.0 Å². The number of amides is 2. The highest BCUT2D eigenvalue weighted by atomic mass is 16.6. The molecule has 8 nitrogen and oxygen atoms in total. The van der Waals surface area contributed by atoms with Crippen LogP contribution < -0.4 is 4.90 Å². The third-order valence-electron chi connectivity index (χ3n) is 5.38. The molecule has 0 unspecified atom stereocenters. The lowest BCUT2D eigenvalue weighted by Gasteiger charge is -2.36. The monoisotopic (exact) mass is 437 g/mol. The van der Waals surface area contributed by atoms with E-state index in [2.05, 4.69) is 4.98 Å². The minimum Gasteiger partial charge on any atom is -0.465 e. The fraction of sp³-hybridized carbons (Fsp3) is 0.375. The van der Waals surface area contributed by atoms with Crippen molar-refractivity contribution in [3.8, 4) is 11.1 Å². The SMILES string of the molecule is CC(C)(C)OC(=O)N(c1nc2cccc(-c3ccccc3)c2o1)C1CCN(C(=O)O)CC1. The molecule has 0 saturated carbocycles. The number of ether oxygens (including phenoxy) is 1. The molecule has 1 fully saturated rings. The summed E-state index contributed by atoms with van der Waals surface area (Å²) in [6.45, 7) is 6.06. The lowest BCUT2D eigenvalue weighted by atomic mass is 10.0. The molecule has 0 spiro atoms. The fourth-order valence-electron chi connectivity index (χ4n) is 3.90. The number of likely N-dealkylation sites (tertiary alicyclic amines) is 1. The molecule has 2 heterocycles. The summed E-state index contributed by atoms with van der Waals surface area (Å²) in [6.07, 6.45) is -0.577. The number of anilines is 1. The molecular weight excluding hydrogens is 410 g/mol. The van der Waals surface area contributed by atoms with Gasteiger partial charge in [-0.2, -0.15) is 4.98 Å². The maximum atomic E-state index is 13.2. The number of para-hydroxylation sites is 1. The van der Waals surface area contributed by atoms with Gasteiger partial charge in [0.05, 0.1) is 0 Å². The van der Waals surface area contributed by atoms with Crippen molar-refractivity contribution in [2.24, 2.45) is 0 Å². The lowest BCUT2D eigenvalue weighted by molar-refractivity contribution is 0.0541. The topological polar surface area (TPSA) is 96.1 Å². The first-order chi connectivity index (χ1) is 15.2. The van der Waals surface area contributed by atoms with E-state index in [9.17, 15) is 14.7 Å². The zero-order valence-electron chi connectivity index (χ0n) is 18.4. The van der Waals surface area contributed by atoms with Crippen LogP contribution in [0.4, 0.5) is 15.6 Å². The number of aromatic nitrogens is 1. The average molecular weight is 437 g/mol. The Morgan fingerprint density at radius 2 is 1.78 bits per heavy atom. The number of piperidine rings is 1. The normalized spacial score (nSPS) is 15.0. The third kappa shape index (κ3) is 4.54. The zero-order chi connectivity index (χ0) is 22.9.